The average molecular weight is 1260 g/mol. The molecule has 0 radical (unpaired) electrons. The van der Waals surface area contributed by atoms with Crippen LogP contribution in [0, 0.1) is 11.3 Å². The molecule has 3 aromatic heterocycles. The lowest BCUT2D eigenvalue weighted by Crippen LogP contribution is -2.60. The molecule has 3 aliphatic rings. The van der Waals surface area contributed by atoms with Crippen molar-refractivity contribution in [1.29, 1.82) is 0 Å². The summed E-state index contributed by atoms with van der Waals surface area (Å²) in [6.45, 7) is 12.5. The Morgan fingerprint density at radius 2 is 1.48 bits per heavy atom. The summed E-state index contributed by atoms with van der Waals surface area (Å²) in [6.07, 6.45) is 7.79. The van der Waals surface area contributed by atoms with Crippen molar-refractivity contribution in [3.05, 3.63) is 137 Å². The van der Waals surface area contributed by atoms with E-state index < -0.39 is 41.6 Å². The number of alkyl halides is 2. The van der Waals surface area contributed by atoms with Gasteiger partial charge in [0.25, 0.3) is 12.3 Å². The zero-order valence-electron chi connectivity index (χ0n) is 52.6. The molecule has 91 heavy (non-hydrogen) atoms. The van der Waals surface area contributed by atoms with Crippen LogP contribution in [-0.2, 0) is 57.5 Å². The maximum Gasteiger partial charge on any atom is 0.284 e. The van der Waals surface area contributed by atoms with E-state index in [0.29, 0.717) is 126 Å². The van der Waals surface area contributed by atoms with Gasteiger partial charge in [-0.2, -0.15) is 5.10 Å². The molecule has 21 nitrogen and oxygen atoms in total. The monoisotopic (exact) mass is 1260 g/mol. The lowest BCUT2D eigenvalue weighted by molar-refractivity contribution is -0.146. The Hall–Kier alpha value is -7.80. The number of nitrogens with zero attached hydrogens (tertiary/aromatic N) is 5. The zero-order valence-corrected chi connectivity index (χ0v) is 52.6. The van der Waals surface area contributed by atoms with Crippen molar-refractivity contribution >= 4 is 40.8 Å². The number of carbonyl (C=O) groups excluding carboxylic acids is 5. The highest BCUT2D eigenvalue weighted by Crippen LogP contribution is 2.38. The quantitative estimate of drug-likeness (QED) is 0.0211. The SMILES string of the molecule is CN[C@@H](C)C(=O)N[C@H](C(=O)N1Cc2cc(OCCOCCOCCOCCOCCOCCCC(=O)c3ccc(-n4cc(NC(=O)c5coc(-c6ccnc(NCC7CC7)c6)n5)c(C(F)F)n4)cc3)ccc2C[C@H]1C(=O)C[C@@H]1CCCc2ccccc21)C(C)(C)C. The standard InChI is InChI=1S/C68H85F2N9O12/c1-44(71-5)64(82)76-62(68(2,3)4)67(84)78-41-51-36-53(22-19-48(51)37-57(78)59(81)38-49-12-8-11-46-10-6-7-13-54(46)49)90-35-34-89-33-32-88-31-30-87-29-28-86-27-26-85-25-9-14-58(80)47-17-20-52(21-18-47)79-42-55(61(77-79)63(69)70)74-65(83)56-43-91-66(75-56)50-23-24-72-60(39-50)73-40-45-15-16-45/h6-7,10,13,17-24,36,39,42-45,49,57,62-63,71H,8-9,11-12,14-16,25-35,37-38,40-41H2,1-5H3,(H,72,73)(H,74,83)(H,76,82)/t44-,49-,57-,62+/m0/s1. The maximum atomic E-state index is 14.7. The summed E-state index contributed by atoms with van der Waals surface area (Å²) in [6, 6.07) is 21.9. The van der Waals surface area contributed by atoms with Crippen LogP contribution in [0.5, 0.6) is 5.75 Å². The second kappa shape index (κ2) is 33.0. The first-order valence-electron chi connectivity index (χ1n) is 31.5. The molecule has 6 aromatic rings. The number of rotatable bonds is 36. The maximum absolute atomic E-state index is 14.7. The number of fused-ring (bicyclic) bond motifs is 2. The van der Waals surface area contributed by atoms with Gasteiger partial charge in [-0.05, 0) is 141 Å². The lowest BCUT2D eigenvalue weighted by atomic mass is 9.78. The van der Waals surface area contributed by atoms with Crippen molar-refractivity contribution < 1.29 is 65.6 Å². The van der Waals surface area contributed by atoms with E-state index >= 15 is 0 Å². The van der Waals surface area contributed by atoms with E-state index in [4.69, 9.17) is 32.8 Å². The first kappa shape index (κ1) is 67.6. The molecule has 23 heteroatoms. The van der Waals surface area contributed by atoms with Gasteiger partial charge < -0.3 is 59.0 Å². The molecule has 2 aliphatic carbocycles. The van der Waals surface area contributed by atoms with Crippen LogP contribution in [-0.4, -0.2) is 158 Å². The molecular weight excluding hydrogens is 1170 g/mol. The van der Waals surface area contributed by atoms with Crippen LogP contribution >= 0.6 is 0 Å². The minimum Gasteiger partial charge on any atom is -0.491 e. The third kappa shape index (κ3) is 19.4. The summed E-state index contributed by atoms with van der Waals surface area (Å²) in [4.78, 5) is 78.7. The molecule has 0 unspecified atom stereocenters. The Kier molecular flexibility index (Phi) is 24.5. The summed E-state index contributed by atoms with van der Waals surface area (Å²) in [7, 11) is 1.70. The molecule has 3 aromatic carbocycles. The van der Waals surface area contributed by atoms with Gasteiger partial charge in [-0.25, -0.2) is 23.4 Å². The van der Waals surface area contributed by atoms with Crippen LogP contribution in [0.1, 0.15) is 134 Å². The number of likely N-dealkylation sites (N-methyl/N-ethyl adjacent to an activating group) is 1. The molecule has 1 saturated carbocycles. The van der Waals surface area contributed by atoms with Gasteiger partial charge >= 0.3 is 0 Å². The molecule has 488 valence electrons. The van der Waals surface area contributed by atoms with Gasteiger partial charge in [-0.3, -0.25) is 24.0 Å². The Balaban J connectivity index is 0.608. The molecular formula is C68H85F2N9O12. The first-order chi connectivity index (χ1) is 44.0. The second-order valence-corrected chi connectivity index (χ2v) is 24.3. The largest absolute Gasteiger partial charge is 0.491 e. The fraction of sp³-hybridized carbons (Fsp3) is 0.500. The Morgan fingerprint density at radius 1 is 0.791 bits per heavy atom. The molecule has 1 fully saturated rings. The fourth-order valence-electron chi connectivity index (χ4n) is 11.0. The van der Waals surface area contributed by atoms with Gasteiger partial charge in [0.15, 0.2) is 23.0 Å². The number of pyridine rings is 1. The van der Waals surface area contributed by atoms with E-state index in [1.165, 1.54) is 34.8 Å². The van der Waals surface area contributed by atoms with Crippen LogP contribution in [0.2, 0.25) is 0 Å². The molecule has 0 saturated heterocycles. The molecule has 9 rings (SSSR count). The molecule has 3 amide bonds. The fourth-order valence-corrected chi connectivity index (χ4v) is 11.0. The number of carbonyl (C=O) groups is 5. The summed E-state index contributed by atoms with van der Waals surface area (Å²) < 4.78 is 69.4. The molecule has 0 bridgehead atoms. The third-order valence-electron chi connectivity index (χ3n) is 16.5. The number of ketones is 2. The second-order valence-electron chi connectivity index (χ2n) is 24.3. The smallest absolute Gasteiger partial charge is 0.284 e. The van der Waals surface area contributed by atoms with Gasteiger partial charge in [0.1, 0.15) is 30.5 Å². The number of Topliss-reactive ketones (excluding diaryl/α,β-unsaturated/α-hetero) is 2. The molecule has 1 aliphatic heterocycles. The Labute approximate surface area is 530 Å². The number of amides is 3. The van der Waals surface area contributed by atoms with Crippen LogP contribution in [0.4, 0.5) is 20.3 Å². The average Bonchev–Trinajstić information content (AvgIpc) is 1.54. The van der Waals surface area contributed by atoms with Gasteiger partial charge in [0.2, 0.25) is 17.7 Å². The lowest BCUT2D eigenvalue weighted by Gasteiger charge is -2.41. The summed E-state index contributed by atoms with van der Waals surface area (Å²) in [5, 5.41) is 15.7. The Bertz CT molecular complexity index is 3380. The summed E-state index contributed by atoms with van der Waals surface area (Å²) >= 11 is 0. The molecule has 4 heterocycles. The van der Waals surface area contributed by atoms with E-state index in [1.54, 1.807) is 61.5 Å². The number of anilines is 2. The zero-order chi connectivity index (χ0) is 64.3. The number of halogens is 2. The summed E-state index contributed by atoms with van der Waals surface area (Å²) in [5.74, 6) is 0.773. The normalized spacial score (nSPS) is 16.2. The van der Waals surface area contributed by atoms with Crippen LogP contribution in [0.25, 0.3) is 17.1 Å². The topological polar surface area (TPSA) is 249 Å². The minimum atomic E-state index is -2.99. The van der Waals surface area contributed by atoms with Crippen LogP contribution in [0.15, 0.2) is 102 Å². The minimum absolute atomic E-state index is 0.0249. The van der Waals surface area contributed by atoms with Gasteiger partial charge in [-0.1, -0.05) is 51.1 Å². The van der Waals surface area contributed by atoms with Crippen molar-refractivity contribution in [2.24, 2.45) is 11.3 Å². The molecule has 4 N–H and O–H groups in total. The van der Waals surface area contributed by atoms with Crippen molar-refractivity contribution in [1.82, 2.24) is 35.3 Å². The molecule has 4 atom stereocenters. The highest BCUT2D eigenvalue weighted by molar-refractivity contribution is 6.03. The highest BCUT2D eigenvalue weighted by atomic mass is 19.3. The van der Waals surface area contributed by atoms with Gasteiger partial charge in [-0.15, -0.1) is 0 Å². The number of hydrogen-bond donors (Lipinski definition) is 4. The van der Waals surface area contributed by atoms with Crippen LogP contribution in [0.3, 0.4) is 0 Å². The van der Waals surface area contributed by atoms with Crippen molar-refractivity contribution in [3.8, 4) is 22.9 Å². The number of ether oxygens (including phenoxy) is 6. The van der Waals surface area contributed by atoms with Crippen molar-refractivity contribution in [2.75, 3.05) is 96.9 Å². The van der Waals surface area contributed by atoms with E-state index in [2.05, 4.69) is 48.5 Å². The van der Waals surface area contributed by atoms with Gasteiger partial charge in [0.05, 0.1) is 89.1 Å². The van der Waals surface area contributed by atoms with Crippen molar-refractivity contribution in [3.63, 3.8) is 0 Å². The van der Waals surface area contributed by atoms with E-state index in [0.717, 1.165) is 43.2 Å². The highest BCUT2D eigenvalue weighted by Gasteiger charge is 2.43. The predicted molar refractivity (Wildman–Crippen MR) is 337 cm³/mol. The third-order valence-corrected chi connectivity index (χ3v) is 16.5. The van der Waals surface area contributed by atoms with E-state index in [9.17, 15) is 32.8 Å². The Morgan fingerprint density at radius 3 is 2.16 bits per heavy atom. The van der Waals surface area contributed by atoms with E-state index in [-0.39, 0.29) is 59.5 Å². The number of nitrogens with one attached hydrogen (secondary N) is 4. The van der Waals surface area contributed by atoms with Crippen molar-refractivity contribution in [2.45, 2.75) is 122 Å². The predicted octanol–water partition coefficient (Wildman–Crippen LogP) is 9.53. The van der Waals surface area contributed by atoms with E-state index in [1.807, 2.05) is 51.1 Å². The van der Waals surface area contributed by atoms with Crippen LogP contribution < -0.4 is 26.0 Å². The number of hydrogen-bond acceptors (Lipinski definition) is 17. The first-order valence-corrected chi connectivity index (χ1v) is 31.5. The number of oxazole rings is 1. The number of aromatic nitrogens is 4. The van der Waals surface area contributed by atoms with Gasteiger partial charge in [0, 0.05) is 56.3 Å². The summed E-state index contributed by atoms with van der Waals surface area (Å²) in [5.41, 5.74) is 4.26. The number of aryl methyl sites for hydroxylation is 1. The molecule has 0 spiro atoms. The number of benzene rings is 3.